The van der Waals surface area contributed by atoms with Gasteiger partial charge in [-0.2, -0.15) is 0 Å². The number of rotatable bonds is 6. The van der Waals surface area contributed by atoms with Gasteiger partial charge in [0.2, 0.25) is 5.91 Å². The van der Waals surface area contributed by atoms with E-state index in [1.807, 2.05) is 60.7 Å². The Kier molecular flexibility index (Phi) is 6.21. The topological polar surface area (TPSA) is 74.2 Å². The number of piperazine rings is 1. The van der Waals surface area contributed by atoms with Crippen LogP contribution < -0.4 is 10.2 Å². The van der Waals surface area contributed by atoms with Crippen LogP contribution in [0.25, 0.3) is 22.3 Å². The molecule has 0 aliphatic carbocycles. The number of amides is 1. The number of nitrogens with zero attached hydrogens (tertiary/aromatic N) is 5. The molecule has 1 aliphatic rings. The molecule has 1 fully saturated rings. The lowest BCUT2D eigenvalue weighted by molar-refractivity contribution is -0.122. The molecule has 0 radical (unpaired) electrons. The normalized spacial score (nSPS) is 14.4. The fourth-order valence-corrected chi connectivity index (χ4v) is 4.10. The van der Waals surface area contributed by atoms with Crippen molar-refractivity contribution in [3.63, 3.8) is 0 Å². The smallest absolute Gasteiger partial charge is 0.234 e. The number of fused-ring (bicyclic) bond motifs is 1. The number of benzene rings is 2. The molecule has 7 nitrogen and oxygen atoms in total. The van der Waals surface area contributed by atoms with Gasteiger partial charge in [0.1, 0.15) is 5.82 Å². The van der Waals surface area contributed by atoms with Gasteiger partial charge in [0.05, 0.1) is 12.1 Å². The monoisotopic (exact) mass is 438 g/mol. The summed E-state index contributed by atoms with van der Waals surface area (Å²) in [5.74, 6) is 1.70. The second-order valence-corrected chi connectivity index (χ2v) is 8.15. The number of hydrogen-bond acceptors (Lipinski definition) is 6. The minimum Gasteiger partial charge on any atom is -0.353 e. The van der Waals surface area contributed by atoms with Crippen LogP contribution >= 0.6 is 0 Å². The van der Waals surface area contributed by atoms with Gasteiger partial charge in [0.15, 0.2) is 5.82 Å². The zero-order valence-corrected chi connectivity index (χ0v) is 18.4. The van der Waals surface area contributed by atoms with E-state index in [0.717, 1.165) is 54.0 Å². The second kappa shape index (κ2) is 9.75. The zero-order chi connectivity index (χ0) is 22.5. The lowest BCUT2D eigenvalue weighted by Crippen LogP contribution is -2.49. The Morgan fingerprint density at radius 2 is 1.58 bits per heavy atom. The highest BCUT2D eigenvalue weighted by Gasteiger charge is 2.22. The number of carbonyl (C=O) groups is 1. The van der Waals surface area contributed by atoms with Crippen molar-refractivity contribution < 1.29 is 4.79 Å². The van der Waals surface area contributed by atoms with Crippen LogP contribution in [-0.4, -0.2) is 58.5 Å². The van der Waals surface area contributed by atoms with Gasteiger partial charge in [-0.05, 0) is 29.8 Å². The standard InChI is InChI=1S/C26H26N6O/c33-24(28-18-20-6-2-1-3-7-20)19-31-14-16-32(17-15-31)26-22-8-4-5-9-23(22)29-25(30-26)21-10-12-27-13-11-21/h1-13H,14-19H2,(H,28,33). The van der Waals surface area contributed by atoms with Crippen molar-refractivity contribution in [1.82, 2.24) is 25.2 Å². The van der Waals surface area contributed by atoms with Crippen LogP contribution in [0.2, 0.25) is 0 Å². The number of anilines is 1. The summed E-state index contributed by atoms with van der Waals surface area (Å²) in [5, 5.41) is 4.06. The van der Waals surface area contributed by atoms with Crippen LogP contribution in [0, 0.1) is 0 Å². The Morgan fingerprint density at radius 1 is 0.848 bits per heavy atom. The van der Waals surface area contributed by atoms with Crippen molar-refractivity contribution in [2.75, 3.05) is 37.6 Å². The van der Waals surface area contributed by atoms with Crippen molar-refractivity contribution in [2.24, 2.45) is 0 Å². The van der Waals surface area contributed by atoms with Gasteiger partial charge in [-0.1, -0.05) is 42.5 Å². The molecule has 1 aliphatic heterocycles. The molecule has 0 saturated carbocycles. The molecule has 2 aromatic carbocycles. The average Bonchev–Trinajstić information content (AvgIpc) is 2.88. The van der Waals surface area contributed by atoms with Gasteiger partial charge in [0, 0.05) is 56.1 Å². The van der Waals surface area contributed by atoms with E-state index in [0.29, 0.717) is 18.9 Å². The lowest BCUT2D eigenvalue weighted by Gasteiger charge is -2.35. The molecule has 7 heteroatoms. The molecule has 1 amide bonds. The second-order valence-electron chi connectivity index (χ2n) is 8.15. The van der Waals surface area contributed by atoms with Gasteiger partial charge in [-0.15, -0.1) is 0 Å². The molecular weight excluding hydrogens is 412 g/mol. The zero-order valence-electron chi connectivity index (χ0n) is 18.4. The predicted octanol–water partition coefficient (Wildman–Crippen LogP) is 3.13. The van der Waals surface area contributed by atoms with Crippen molar-refractivity contribution in [3.8, 4) is 11.4 Å². The summed E-state index contributed by atoms with van der Waals surface area (Å²) in [4.78, 5) is 30.7. The average molecular weight is 439 g/mol. The maximum atomic E-state index is 12.4. The number of para-hydroxylation sites is 1. The minimum absolute atomic E-state index is 0.0553. The maximum absolute atomic E-state index is 12.4. The molecule has 0 unspecified atom stereocenters. The highest BCUT2D eigenvalue weighted by molar-refractivity contribution is 5.91. The molecule has 0 spiro atoms. The summed E-state index contributed by atoms with van der Waals surface area (Å²) in [6, 6.07) is 22.0. The van der Waals surface area contributed by atoms with E-state index in [2.05, 4.69) is 26.2 Å². The van der Waals surface area contributed by atoms with Gasteiger partial charge >= 0.3 is 0 Å². The van der Waals surface area contributed by atoms with E-state index in [4.69, 9.17) is 9.97 Å². The number of pyridine rings is 1. The molecular formula is C26H26N6O. The fraction of sp³-hybridized carbons (Fsp3) is 0.231. The van der Waals surface area contributed by atoms with Crippen molar-refractivity contribution in [1.29, 1.82) is 0 Å². The molecule has 0 atom stereocenters. The Hall–Kier alpha value is -3.84. The van der Waals surface area contributed by atoms with Crippen LogP contribution in [0.15, 0.2) is 79.1 Å². The van der Waals surface area contributed by atoms with E-state index in [1.54, 1.807) is 12.4 Å². The van der Waals surface area contributed by atoms with Crippen LogP contribution in [0.5, 0.6) is 0 Å². The van der Waals surface area contributed by atoms with Crippen LogP contribution in [0.3, 0.4) is 0 Å². The molecule has 2 aromatic heterocycles. The number of nitrogens with one attached hydrogen (secondary N) is 1. The Morgan fingerprint density at radius 3 is 2.36 bits per heavy atom. The molecule has 5 rings (SSSR count). The first-order chi connectivity index (χ1) is 16.3. The third kappa shape index (κ3) is 4.99. The molecule has 1 N–H and O–H groups in total. The van der Waals surface area contributed by atoms with Crippen molar-refractivity contribution in [2.45, 2.75) is 6.54 Å². The summed E-state index contributed by atoms with van der Waals surface area (Å²) in [6.07, 6.45) is 3.52. The van der Waals surface area contributed by atoms with Gasteiger partial charge in [0.25, 0.3) is 0 Å². The third-order valence-corrected chi connectivity index (χ3v) is 5.89. The molecule has 3 heterocycles. The van der Waals surface area contributed by atoms with Gasteiger partial charge < -0.3 is 10.2 Å². The highest BCUT2D eigenvalue weighted by atomic mass is 16.2. The highest BCUT2D eigenvalue weighted by Crippen LogP contribution is 2.28. The van der Waals surface area contributed by atoms with E-state index in [9.17, 15) is 4.79 Å². The molecule has 0 bridgehead atoms. The molecule has 33 heavy (non-hydrogen) atoms. The number of aromatic nitrogens is 3. The summed E-state index contributed by atoms with van der Waals surface area (Å²) in [5.41, 5.74) is 2.99. The summed E-state index contributed by atoms with van der Waals surface area (Å²) in [6.45, 7) is 4.20. The van der Waals surface area contributed by atoms with Crippen LogP contribution in [-0.2, 0) is 11.3 Å². The molecule has 166 valence electrons. The van der Waals surface area contributed by atoms with E-state index in [-0.39, 0.29) is 5.91 Å². The minimum atomic E-state index is 0.0553. The Bertz CT molecular complexity index is 1220. The van der Waals surface area contributed by atoms with E-state index >= 15 is 0 Å². The third-order valence-electron chi connectivity index (χ3n) is 5.89. The quantitative estimate of drug-likeness (QED) is 0.499. The maximum Gasteiger partial charge on any atom is 0.234 e. The summed E-state index contributed by atoms with van der Waals surface area (Å²) < 4.78 is 0. The van der Waals surface area contributed by atoms with Crippen LogP contribution in [0.4, 0.5) is 5.82 Å². The molecule has 4 aromatic rings. The first-order valence-electron chi connectivity index (χ1n) is 11.2. The van der Waals surface area contributed by atoms with Crippen molar-refractivity contribution >= 4 is 22.6 Å². The largest absolute Gasteiger partial charge is 0.353 e. The van der Waals surface area contributed by atoms with Gasteiger partial charge in [-0.25, -0.2) is 9.97 Å². The van der Waals surface area contributed by atoms with Gasteiger partial charge in [-0.3, -0.25) is 14.7 Å². The van der Waals surface area contributed by atoms with Crippen molar-refractivity contribution in [3.05, 3.63) is 84.7 Å². The first kappa shape index (κ1) is 21.0. The van der Waals surface area contributed by atoms with E-state index in [1.165, 1.54) is 0 Å². The fourth-order valence-electron chi connectivity index (χ4n) is 4.10. The molecule has 1 saturated heterocycles. The first-order valence-corrected chi connectivity index (χ1v) is 11.2. The van der Waals surface area contributed by atoms with E-state index < -0.39 is 0 Å². The Balaban J connectivity index is 1.26. The summed E-state index contributed by atoms with van der Waals surface area (Å²) in [7, 11) is 0. The SMILES string of the molecule is O=C(CN1CCN(c2nc(-c3ccncc3)nc3ccccc23)CC1)NCc1ccccc1. The number of carbonyl (C=O) groups excluding carboxylic acids is 1. The van der Waals surface area contributed by atoms with Crippen LogP contribution in [0.1, 0.15) is 5.56 Å². The number of hydrogen-bond donors (Lipinski definition) is 1. The lowest BCUT2D eigenvalue weighted by atomic mass is 10.2. The predicted molar refractivity (Wildman–Crippen MR) is 130 cm³/mol. The summed E-state index contributed by atoms with van der Waals surface area (Å²) >= 11 is 0. The Labute approximate surface area is 193 Å².